The molecule has 1 aliphatic heterocycles. The summed E-state index contributed by atoms with van der Waals surface area (Å²) in [6.07, 6.45) is 2.36. The van der Waals surface area contributed by atoms with Crippen molar-refractivity contribution in [1.29, 1.82) is 0 Å². The quantitative estimate of drug-likeness (QED) is 0.0651. The fraction of sp³-hybridized carbons (Fsp3) is 0.136. The van der Waals surface area contributed by atoms with E-state index in [9.17, 15) is 19.2 Å². The van der Waals surface area contributed by atoms with Crippen LogP contribution in [0.3, 0.4) is 0 Å². The highest BCUT2D eigenvalue weighted by Crippen LogP contribution is 2.38. The van der Waals surface area contributed by atoms with Crippen LogP contribution in [0.4, 0.5) is 10.7 Å². The van der Waals surface area contributed by atoms with E-state index >= 15 is 0 Å². The second kappa shape index (κ2) is 17.4. The van der Waals surface area contributed by atoms with Gasteiger partial charge in [-0.15, -0.1) is 23.1 Å². The first-order valence-corrected chi connectivity index (χ1v) is 19.5. The number of esters is 1. The van der Waals surface area contributed by atoms with Crippen molar-refractivity contribution in [3.8, 4) is 0 Å². The predicted octanol–water partition coefficient (Wildman–Crippen LogP) is 8.39. The Hall–Kier alpha value is -6.01. The molecule has 0 aliphatic carbocycles. The zero-order valence-corrected chi connectivity index (χ0v) is 31.7. The average molecular weight is 767 g/mol. The van der Waals surface area contributed by atoms with E-state index < -0.39 is 17.8 Å². The summed E-state index contributed by atoms with van der Waals surface area (Å²) < 4.78 is 5.13. The summed E-state index contributed by atoms with van der Waals surface area (Å²) in [6, 6.07) is 39.8. The number of rotatable bonds is 12. The number of hydrogen-bond acceptors (Lipinski definition) is 8. The van der Waals surface area contributed by atoms with Crippen LogP contribution in [0, 0.1) is 0 Å². The molecule has 1 aliphatic rings. The van der Waals surface area contributed by atoms with Crippen LogP contribution in [0.25, 0.3) is 16.8 Å². The number of methoxy groups -OCH3 is 1. The van der Waals surface area contributed by atoms with E-state index in [1.807, 2.05) is 72.8 Å². The Bertz CT molecular complexity index is 2390. The lowest BCUT2D eigenvalue weighted by Gasteiger charge is -2.27. The van der Waals surface area contributed by atoms with Gasteiger partial charge in [0.05, 0.1) is 18.4 Å². The SMILES string of the molecule is COC(=O)c1c(NC(=O)CSc2cccc(NC(=O)/C(=C\c3cccc4ccccc34)NC(=O)c3ccccc3)c2)sc2c1CCN(Cc1ccccc1)C2. The minimum atomic E-state index is -0.503. The predicted molar refractivity (Wildman–Crippen MR) is 220 cm³/mol. The maximum absolute atomic E-state index is 13.8. The fourth-order valence-electron chi connectivity index (χ4n) is 6.49. The maximum Gasteiger partial charge on any atom is 0.341 e. The Morgan fingerprint density at radius 1 is 0.836 bits per heavy atom. The third kappa shape index (κ3) is 9.21. The van der Waals surface area contributed by atoms with Crippen LogP contribution in [-0.4, -0.2) is 48.0 Å². The van der Waals surface area contributed by atoms with Crippen LogP contribution in [0.2, 0.25) is 0 Å². The summed E-state index contributed by atoms with van der Waals surface area (Å²) in [5, 5.41) is 11.1. The molecule has 3 N–H and O–H groups in total. The molecule has 0 radical (unpaired) electrons. The molecule has 0 atom stereocenters. The molecule has 0 bridgehead atoms. The summed E-state index contributed by atoms with van der Waals surface area (Å²) in [5.74, 6) is -1.58. The van der Waals surface area contributed by atoms with Gasteiger partial charge in [0.15, 0.2) is 0 Å². The molecule has 2 heterocycles. The molecule has 0 saturated heterocycles. The molecule has 11 heteroatoms. The Morgan fingerprint density at radius 3 is 2.36 bits per heavy atom. The average Bonchev–Trinajstić information content (AvgIpc) is 3.57. The van der Waals surface area contributed by atoms with Crippen LogP contribution in [0.5, 0.6) is 0 Å². The number of nitrogens with one attached hydrogen (secondary N) is 3. The van der Waals surface area contributed by atoms with Crippen molar-refractivity contribution in [3.63, 3.8) is 0 Å². The van der Waals surface area contributed by atoms with E-state index in [1.165, 1.54) is 35.8 Å². The first-order chi connectivity index (χ1) is 26.8. The number of fused-ring (bicyclic) bond motifs is 2. The first-order valence-electron chi connectivity index (χ1n) is 17.7. The fourth-order valence-corrected chi connectivity index (χ4v) is 8.54. The van der Waals surface area contributed by atoms with Crippen molar-refractivity contribution < 1.29 is 23.9 Å². The normalized spacial score (nSPS) is 12.8. The summed E-state index contributed by atoms with van der Waals surface area (Å²) in [4.78, 5) is 57.4. The second-order valence-corrected chi connectivity index (χ2v) is 15.1. The van der Waals surface area contributed by atoms with E-state index in [4.69, 9.17) is 4.74 Å². The lowest BCUT2D eigenvalue weighted by Crippen LogP contribution is -2.30. The maximum atomic E-state index is 13.8. The molecule has 0 saturated carbocycles. The Morgan fingerprint density at radius 2 is 1.56 bits per heavy atom. The molecule has 0 unspecified atom stereocenters. The Balaban J connectivity index is 1.03. The number of benzene rings is 5. The minimum Gasteiger partial charge on any atom is -0.465 e. The van der Waals surface area contributed by atoms with Crippen LogP contribution >= 0.6 is 23.1 Å². The van der Waals surface area contributed by atoms with Crippen molar-refractivity contribution in [2.45, 2.75) is 24.4 Å². The largest absolute Gasteiger partial charge is 0.465 e. The van der Waals surface area contributed by atoms with E-state index in [-0.39, 0.29) is 17.4 Å². The molecule has 1 aromatic heterocycles. The van der Waals surface area contributed by atoms with Gasteiger partial charge in [0.25, 0.3) is 11.8 Å². The summed E-state index contributed by atoms with van der Waals surface area (Å²) in [6.45, 7) is 2.27. The highest BCUT2D eigenvalue weighted by molar-refractivity contribution is 8.00. The van der Waals surface area contributed by atoms with Gasteiger partial charge in [0, 0.05) is 40.7 Å². The van der Waals surface area contributed by atoms with Crippen molar-refractivity contribution in [2.75, 3.05) is 30.0 Å². The van der Waals surface area contributed by atoms with Gasteiger partial charge in [0.1, 0.15) is 10.7 Å². The monoisotopic (exact) mass is 766 g/mol. The molecule has 9 nitrogen and oxygen atoms in total. The number of carbonyl (C=O) groups is 4. The smallest absolute Gasteiger partial charge is 0.341 e. The molecule has 6 aromatic rings. The molecular weight excluding hydrogens is 729 g/mol. The van der Waals surface area contributed by atoms with Gasteiger partial charge in [-0.05, 0) is 70.3 Å². The molecule has 55 heavy (non-hydrogen) atoms. The van der Waals surface area contributed by atoms with Crippen LogP contribution in [0.15, 0.2) is 138 Å². The number of carbonyl (C=O) groups excluding carboxylic acids is 4. The van der Waals surface area contributed by atoms with Gasteiger partial charge in [-0.2, -0.15) is 0 Å². The summed E-state index contributed by atoms with van der Waals surface area (Å²) in [7, 11) is 1.35. The summed E-state index contributed by atoms with van der Waals surface area (Å²) in [5.41, 5.74) is 4.34. The lowest BCUT2D eigenvalue weighted by atomic mass is 10.0. The van der Waals surface area contributed by atoms with Crippen LogP contribution in [-0.2, 0) is 33.8 Å². The van der Waals surface area contributed by atoms with Gasteiger partial charge in [-0.25, -0.2) is 4.79 Å². The minimum absolute atomic E-state index is 0.0695. The zero-order chi connectivity index (χ0) is 38.1. The van der Waals surface area contributed by atoms with Crippen LogP contribution < -0.4 is 16.0 Å². The third-order valence-corrected chi connectivity index (χ3v) is 11.3. The Kier molecular flexibility index (Phi) is 11.8. The molecule has 0 spiro atoms. The number of thiophene rings is 1. The number of anilines is 2. The van der Waals surface area contributed by atoms with E-state index in [1.54, 1.807) is 48.5 Å². The zero-order valence-electron chi connectivity index (χ0n) is 30.0. The standard InChI is InChI=1S/C44H38N4O5S2/c1-53-44(52)40-36-22-23-48(26-29-12-4-2-5-13-29)27-38(36)55-43(40)47-39(49)28-54-34-20-11-19-33(25-34)45-42(51)37(46-41(50)31-15-6-3-7-16-31)24-32-18-10-17-30-14-8-9-21-35(30)32/h2-21,24-25H,22-23,26-28H2,1H3,(H,45,51)(H,46,50)(H,47,49)/b37-24+. The molecule has 3 amide bonds. The first kappa shape index (κ1) is 37.3. The van der Waals surface area contributed by atoms with E-state index in [0.717, 1.165) is 44.8 Å². The molecular formula is C44H38N4O5S2. The summed E-state index contributed by atoms with van der Waals surface area (Å²) >= 11 is 2.72. The molecule has 276 valence electrons. The lowest BCUT2D eigenvalue weighted by molar-refractivity contribution is -0.114. The van der Waals surface area contributed by atoms with Gasteiger partial charge in [-0.1, -0.05) is 97.1 Å². The number of nitrogens with zero attached hydrogens (tertiary/aromatic N) is 1. The number of thioether (sulfide) groups is 1. The number of hydrogen-bond donors (Lipinski definition) is 3. The van der Waals surface area contributed by atoms with Crippen molar-refractivity contribution in [2.24, 2.45) is 0 Å². The topological polar surface area (TPSA) is 117 Å². The van der Waals surface area contributed by atoms with Crippen LogP contribution in [0.1, 0.15) is 42.3 Å². The van der Waals surface area contributed by atoms with Gasteiger partial charge in [0.2, 0.25) is 5.91 Å². The third-order valence-electron chi connectivity index (χ3n) is 9.14. The van der Waals surface area contributed by atoms with Crippen molar-refractivity contribution in [1.82, 2.24) is 10.2 Å². The number of amides is 3. The van der Waals surface area contributed by atoms with Gasteiger partial charge >= 0.3 is 5.97 Å². The van der Waals surface area contributed by atoms with Crippen molar-refractivity contribution in [3.05, 3.63) is 166 Å². The van der Waals surface area contributed by atoms with Gasteiger partial charge in [-0.3, -0.25) is 19.3 Å². The van der Waals surface area contributed by atoms with E-state index in [0.29, 0.717) is 34.8 Å². The highest BCUT2D eigenvalue weighted by atomic mass is 32.2. The van der Waals surface area contributed by atoms with Gasteiger partial charge < -0.3 is 20.7 Å². The highest BCUT2D eigenvalue weighted by Gasteiger charge is 2.29. The van der Waals surface area contributed by atoms with Crippen molar-refractivity contribution >= 4 is 74.3 Å². The second-order valence-electron chi connectivity index (χ2n) is 12.9. The Labute approximate surface area is 327 Å². The molecule has 0 fully saturated rings. The molecule has 5 aromatic carbocycles. The van der Waals surface area contributed by atoms with E-state index in [2.05, 4.69) is 33.0 Å². The number of ether oxygens (including phenoxy) is 1. The molecule has 7 rings (SSSR count).